The smallest absolute Gasteiger partial charge is 0.462 e. The molecule has 1 aliphatic rings. The van der Waals surface area contributed by atoms with E-state index in [4.69, 9.17) is 18.5 Å². The molecule has 1 rings (SSSR count). The molecule has 356 valence electrons. The third-order valence-corrected chi connectivity index (χ3v) is 11.3. The average Bonchev–Trinajstić information content (AvgIpc) is 3.25. The molecule has 1 aliphatic carbocycles. The van der Waals surface area contributed by atoms with Crippen molar-refractivity contribution >= 4 is 19.8 Å². The summed E-state index contributed by atoms with van der Waals surface area (Å²) in [6, 6.07) is 0. The van der Waals surface area contributed by atoms with Crippen LogP contribution in [-0.4, -0.2) is 98.3 Å². The number of carbonyl (C=O) groups excluding carboxylic acids is 2. The minimum atomic E-state index is -5.14. The van der Waals surface area contributed by atoms with Crippen molar-refractivity contribution in [3.63, 3.8) is 0 Å². The predicted octanol–water partition coefficient (Wildman–Crippen LogP) is 9.11. The number of aliphatic hydroxyl groups is 5. The average molecular weight is 897 g/mol. The zero-order valence-electron chi connectivity index (χ0n) is 37.6. The van der Waals surface area contributed by atoms with Crippen molar-refractivity contribution in [3.8, 4) is 0 Å². The first-order valence-electron chi connectivity index (χ1n) is 23.2. The summed E-state index contributed by atoms with van der Waals surface area (Å²) in [7, 11) is -5.14. The molecule has 0 aromatic heterocycles. The third kappa shape index (κ3) is 29.6. The number of aliphatic hydroxyl groups excluding tert-OH is 5. The van der Waals surface area contributed by atoms with Gasteiger partial charge in [-0.25, -0.2) is 4.57 Å². The number of allylic oxidation sites excluding steroid dienone is 12. The van der Waals surface area contributed by atoms with Gasteiger partial charge in [-0.1, -0.05) is 138 Å². The van der Waals surface area contributed by atoms with Gasteiger partial charge in [-0.15, -0.1) is 0 Å². The molecule has 0 bridgehead atoms. The van der Waals surface area contributed by atoms with Crippen molar-refractivity contribution < 1.29 is 63.1 Å². The molecule has 0 saturated heterocycles. The van der Waals surface area contributed by atoms with Crippen LogP contribution >= 0.6 is 7.82 Å². The van der Waals surface area contributed by atoms with E-state index >= 15 is 0 Å². The second-order valence-electron chi connectivity index (χ2n) is 15.9. The number of esters is 2. The Kier molecular flexibility index (Phi) is 34.8. The minimum absolute atomic E-state index is 0.0391. The summed E-state index contributed by atoms with van der Waals surface area (Å²) in [5, 5.41) is 50.1. The van der Waals surface area contributed by atoms with Gasteiger partial charge in [-0.05, 0) is 83.5 Å². The molecule has 0 aromatic carbocycles. The van der Waals surface area contributed by atoms with Crippen LogP contribution in [0.25, 0.3) is 0 Å². The van der Waals surface area contributed by atoms with Crippen molar-refractivity contribution in [1.29, 1.82) is 0 Å². The van der Waals surface area contributed by atoms with Gasteiger partial charge >= 0.3 is 19.8 Å². The topological polar surface area (TPSA) is 210 Å². The summed E-state index contributed by atoms with van der Waals surface area (Å²) in [6.07, 6.45) is 33.8. The van der Waals surface area contributed by atoms with Gasteiger partial charge in [0.05, 0.1) is 6.61 Å². The summed E-state index contributed by atoms with van der Waals surface area (Å²) >= 11 is 0. The molecule has 1 saturated carbocycles. The number of carbonyl (C=O) groups is 2. The molecular weight excluding hydrogens is 815 g/mol. The number of hydrogen-bond acceptors (Lipinski definition) is 12. The number of phosphoric ester groups is 1. The normalized spacial score (nSPS) is 22.5. The maximum atomic E-state index is 12.8. The lowest BCUT2D eigenvalue weighted by Gasteiger charge is -2.41. The Balaban J connectivity index is 2.49. The van der Waals surface area contributed by atoms with E-state index in [1.54, 1.807) is 0 Å². The van der Waals surface area contributed by atoms with Gasteiger partial charge in [0.15, 0.2) is 6.10 Å². The molecule has 6 atom stereocenters. The monoisotopic (exact) mass is 897 g/mol. The molecule has 0 amide bonds. The maximum absolute atomic E-state index is 12.8. The highest BCUT2D eigenvalue weighted by Crippen LogP contribution is 2.47. The van der Waals surface area contributed by atoms with E-state index in [-0.39, 0.29) is 12.8 Å². The van der Waals surface area contributed by atoms with Crippen molar-refractivity contribution in [2.45, 2.75) is 204 Å². The quantitative estimate of drug-likeness (QED) is 0.0149. The van der Waals surface area contributed by atoms with Gasteiger partial charge in [0, 0.05) is 12.8 Å². The Labute approximate surface area is 372 Å². The largest absolute Gasteiger partial charge is 0.472 e. The van der Waals surface area contributed by atoms with Gasteiger partial charge in [-0.2, -0.15) is 0 Å². The van der Waals surface area contributed by atoms with Crippen molar-refractivity contribution in [1.82, 2.24) is 0 Å². The van der Waals surface area contributed by atoms with Gasteiger partial charge in [0.2, 0.25) is 0 Å². The van der Waals surface area contributed by atoms with E-state index in [9.17, 15) is 44.6 Å². The second kappa shape index (κ2) is 37.6. The van der Waals surface area contributed by atoms with Crippen molar-refractivity contribution in [2.24, 2.45) is 0 Å². The lowest BCUT2D eigenvalue weighted by molar-refractivity contribution is -0.220. The summed E-state index contributed by atoms with van der Waals surface area (Å²) in [5.41, 5.74) is 0. The molecule has 1 fully saturated rings. The summed E-state index contributed by atoms with van der Waals surface area (Å²) in [6.45, 7) is 3.12. The van der Waals surface area contributed by atoms with Crippen LogP contribution in [0.15, 0.2) is 72.9 Å². The first-order chi connectivity index (χ1) is 29.9. The number of rotatable bonds is 37. The van der Waals surface area contributed by atoms with Crippen molar-refractivity contribution in [2.75, 3.05) is 13.2 Å². The molecule has 6 unspecified atom stereocenters. The first-order valence-corrected chi connectivity index (χ1v) is 24.7. The first kappa shape index (κ1) is 57.3. The summed E-state index contributed by atoms with van der Waals surface area (Å²) in [4.78, 5) is 35.7. The van der Waals surface area contributed by atoms with Gasteiger partial charge in [0.25, 0.3) is 0 Å². The fourth-order valence-electron chi connectivity index (χ4n) is 6.54. The van der Waals surface area contributed by atoms with E-state index < -0.39 is 75.7 Å². The highest BCUT2D eigenvalue weighted by atomic mass is 31.2. The van der Waals surface area contributed by atoms with Gasteiger partial charge in [-0.3, -0.25) is 18.6 Å². The van der Waals surface area contributed by atoms with Crippen LogP contribution in [0, 0.1) is 0 Å². The zero-order chi connectivity index (χ0) is 45.7. The van der Waals surface area contributed by atoms with Crippen LogP contribution in [0.3, 0.4) is 0 Å². The van der Waals surface area contributed by atoms with Crippen LogP contribution in [0.2, 0.25) is 0 Å². The number of ether oxygens (including phenoxy) is 2. The Bertz CT molecular complexity index is 1360. The molecule has 0 aliphatic heterocycles. The van der Waals surface area contributed by atoms with E-state index in [1.807, 2.05) is 6.08 Å². The molecule has 6 N–H and O–H groups in total. The molecular formula is C48H81O13P. The molecule has 0 heterocycles. The molecule has 0 spiro atoms. The van der Waals surface area contributed by atoms with Crippen LogP contribution < -0.4 is 0 Å². The molecule has 0 aromatic rings. The minimum Gasteiger partial charge on any atom is -0.462 e. The van der Waals surface area contributed by atoms with Crippen LogP contribution in [0.1, 0.15) is 162 Å². The zero-order valence-corrected chi connectivity index (χ0v) is 38.5. The fraction of sp³-hybridized carbons (Fsp3) is 0.708. The van der Waals surface area contributed by atoms with E-state index in [0.717, 1.165) is 83.5 Å². The lowest BCUT2D eigenvalue weighted by atomic mass is 9.85. The molecule has 14 heteroatoms. The highest BCUT2D eigenvalue weighted by Gasteiger charge is 2.51. The van der Waals surface area contributed by atoms with Crippen molar-refractivity contribution in [3.05, 3.63) is 72.9 Å². The Morgan fingerprint density at radius 1 is 0.516 bits per heavy atom. The van der Waals surface area contributed by atoms with Crippen LogP contribution in [0.4, 0.5) is 0 Å². The van der Waals surface area contributed by atoms with E-state index in [2.05, 4.69) is 80.7 Å². The standard InChI is InChI=1S/C48H81O13P/c1-3-5-7-9-11-13-15-17-19-20-21-23-24-26-28-30-32-34-36-41(49)58-38-40(39-59-62(56,57)61-48-46(54)44(52)43(51)45(53)47(48)55)60-42(50)37-35-33-31-29-27-25-22-18-16-14-12-10-8-6-4-2/h6,8,12-15,18-20,22,27,29,40,43-48,51-55H,3-5,7,9-11,16-17,21,23-26,28,30-39H2,1-2H3,(H,56,57)/b8-6-,14-12-,15-13-,20-19-,22-18-,29-27-. The maximum Gasteiger partial charge on any atom is 0.472 e. The van der Waals surface area contributed by atoms with Crippen LogP contribution in [-0.2, 0) is 32.7 Å². The SMILES string of the molecule is CC/C=C\C/C=C\C/C=C\C/C=C\CCCCC(=O)OC(COC(=O)CCCCCCCCC/C=C\C/C=C\CCCCCC)COP(=O)(O)OC1C(O)C(O)C(O)C(O)C1O. The number of phosphoric acid groups is 1. The predicted molar refractivity (Wildman–Crippen MR) is 244 cm³/mol. The Morgan fingerprint density at radius 3 is 1.44 bits per heavy atom. The van der Waals surface area contributed by atoms with Crippen LogP contribution in [0.5, 0.6) is 0 Å². The number of hydrogen-bond donors (Lipinski definition) is 6. The summed E-state index contributed by atoms with van der Waals surface area (Å²) < 4.78 is 33.5. The molecule has 13 nitrogen and oxygen atoms in total. The summed E-state index contributed by atoms with van der Waals surface area (Å²) in [5.74, 6) is -1.16. The Morgan fingerprint density at radius 2 is 0.919 bits per heavy atom. The second-order valence-corrected chi connectivity index (χ2v) is 17.3. The lowest BCUT2D eigenvalue weighted by Crippen LogP contribution is -2.64. The fourth-order valence-corrected chi connectivity index (χ4v) is 7.51. The molecule has 62 heavy (non-hydrogen) atoms. The Hall–Kier alpha value is -2.71. The molecule has 0 radical (unpaired) electrons. The number of unbranched alkanes of at least 4 members (excludes halogenated alkanes) is 13. The van der Waals surface area contributed by atoms with E-state index in [1.165, 1.54) is 32.1 Å². The highest BCUT2D eigenvalue weighted by molar-refractivity contribution is 7.47. The van der Waals surface area contributed by atoms with Gasteiger partial charge < -0.3 is 39.9 Å². The van der Waals surface area contributed by atoms with E-state index in [0.29, 0.717) is 19.3 Å². The third-order valence-electron chi connectivity index (χ3n) is 10.3. The van der Waals surface area contributed by atoms with Gasteiger partial charge in [0.1, 0.15) is 43.2 Å².